The van der Waals surface area contributed by atoms with Gasteiger partial charge in [0.2, 0.25) is 0 Å². The van der Waals surface area contributed by atoms with E-state index >= 15 is 0 Å². The lowest BCUT2D eigenvalue weighted by Gasteiger charge is -2.33. The fourth-order valence-electron chi connectivity index (χ4n) is 4.10. The van der Waals surface area contributed by atoms with Crippen molar-refractivity contribution < 1.29 is 4.79 Å². The molecule has 3 nitrogen and oxygen atoms in total. The maximum absolute atomic E-state index is 13.1. The van der Waals surface area contributed by atoms with Crippen LogP contribution in [0.25, 0.3) is 10.1 Å². The van der Waals surface area contributed by atoms with Crippen LogP contribution in [-0.4, -0.2) is 10.9 Å². The average molecular weight is 413 g/mol. The van der Waals surface area contributed by atoms with Crippen molar-refractivity contribution in [2.24, 2.45) is 11.3 Å². The minimum atomic E-state index is -0.0110. The van der Waals surface area contributed by atoms with Gasteiger partial charge in [0.15, 0.2) is 5.13 Å². The summed E-state index contributed by atoms with van der Waals surface area (Å²) >= 11 is 3.26. The summed E-state index contributed by atoms with van der Waals surface area (Å²) in [5.74, 6) is 0.672. The van der Waals surface area contributed by atoms with Crippen LogP contribution in [-0.2, 0) is 19.3 Å². The maximum Gasteiger partial charge on any atom is 0.267 e. The van der Waals surface area contributed by atoms with Gasteiger partial charge in [-0.3, -0.25) is 10.1 Å². The highest BCUT2D eigenvalue weighted by molar-refractivity contribution is 7.21. The first kappa shape index (κ1) is 19.6. The van der Waals surface area contributed by atoms with Crippen LogP contribution in [0.15, 0.2) is 24.3 Å². The molecule has 0 spiro atoms. The van der Waals surface area contributed by atoms with Gasteiger partial charge in [0, 0.05) is 9.58 Å². The summed E-state index contributed by atoms with van der Waals surface area (Å²) in [6.07, 6.45) is 5.24. The number of carbonyl (C=O) groups is 1. The lowest BCUT2D eigenvalue weighted by atomic mass is 9.73. The number of benzene rings is 1. The first-order chi connectivity index (χ1) is 13.4. The van der Waals surface area contributed by atoms with Crippen LogP contribution >= 0.6 is 22.7 Å². The highest BCUT2D eigenvalue weighted by atomic mass is 32.1. The van der Waals surface area contributed by atoms with Crippen molar-refractivity contribution in [3.05, 3.63) is 45.3 Å². The number of aromatic nitrogens is 1. The maximum atomic E-state index is 13.1. The summed E-state index contributed by atoms with van der Waals surface area (Å²) in [7, 11) is 0. The Kier molecular flexibility index (Phi) is 5.32. The third-order valence-corrected chi connectivity index (χ3v) is 8.04. The summed E-state index contributed by atoms with van der Waals surface area (Å²) in [5.41, 5.74) is 2.68. The van der Waals surface area contributed by atoms with E-state index in [0.29, 0.717) is 11.3 Å². The van der Waals surface area contributed by atoms with Gasteiger partial charge in [-0.25, -0.2) is 4.98 Å². The van der Waals surface area contributed by atoms with E-state index in [1.165, 1.54) is 32.6 Å². The number of thiophene rings is 1. The molecule has 0 radical (unpaired) electrons. The molecule has 1 amide bonds. The topological polar surface area (TPSA) is 42.0 Å². The number of amides is 1. The Labute approximate surface area is 175 Å². The molecule has 148 valence electrons. The molecule has 0 saturated heterocycles. The number of hydrogen-bond donors (Lipinski definition) is 1. The van der Waals surface area contributed by atoms with Crippen LogP contribution < -0.4 is 5.32 Å². The second kappa shape index (κ2) is 7.60. The normalized spacial score (nSPS) is 16.9. The molecule has 0 fully saturated rings. The second-order valence-electron chi connectivity index (χ2n) is 8.80. The molecule has 1 unspecified atom stereocenters. The molecule has 5 heteroatoms. The number of aryl methyl sites for hydroxylation is 2. The van der Waals surface area contributed by atoms with Crippen molar-refractivity contribution in [3.8, 4) is 0 Å². The van der Waals surface area contributed by atoms with Crippen LogP contribution in [0.5, 0.6) is 0 Å². The standard InChI is InChI=1S/C23H28N2OS2/c1-5-8-16-15-9-6-7-10-18(15)27-20(16)21(26)25-22-24-17-12-11-14(23(2,3)4)13-19(17)28-22/h6-7,9-10,14H,5,8,11-13H2,1-4H3,(H,24,25,26). The van der Waals surface area contributed by atoms with Crippen LogP contribution in [0.4, 0.5) is 5.13 Å². The number of rotatable bonds is 4. The van der Waals surface area contributed by atoms with E-state index in [4.69, 9.17) is 4.98 Å². The van der Waals surface area contributed by atoms with E-state index in [0.717, 1.165) is 35.7 Å². The Balaban J connectivity index is 1.58. The zero-order valence-corrected chi connectivity index (χ0v) is 18.7. The van der Waals surface area contributed by atoms with Crippen LogP contribution in [0.2, 0.25) is 0 Å². The first-order valence-corrected chi connectivity index (χ1v) is 11.8. The van der Waals surface area contributed by atoms with Crippen molar-refractivity contribution in [1.82, 2.24) is 4.98 Å². The van der Waals surface area contributed by atoms with Gasteiger partial charge < -0.3 is 0 Å². The highest BCUT2D eigenvalue weighted by Crippen LogP contribution is 2.40. The lowest BCUT2D eigenvalue weighted by Crippen LogP contribution is -2.26. The van der Waals surface area contributed by atoms with Crippen molar-refractivity contribution in [1.29, 1.82) is 0 Å². The SMILES string of the molecule is CCCc1c(C(=O)Nc2nc3c(s2)CC(C(C)(C)C)CC3)sc2ccccc12. The van der Waals surface area contributed by atoms with Gasteiger partial charge in [-0.1, -0.05) is 52.3 Å². The number of nitrogens with zero attached hydrogens (tertiary/aromatic N) is 1. The largest absolute Gasteiger partial charge is 0.297 e. The Morgan fingerprint density at radius 2 is 2.04 bits per heavy atom. The molecule has 0 bridgehead atoms. The van der Waals surface area contributed by atoms with E-state index in [1.807, 2.05) is 6.07 Å². The Morgan fingerprint density at radius 1 is 1.25 bits per heavy atom. The van der Waals surface area contributed by atoms with Gasteiger partial charge in [0.25, 0.3) is 5.91 Å². The predicted molar refractivity (Wildman–Crippen MR) is 121 cm³/mol. The van der Waals surface area contributed by atoms with Gasteiger partial charge in [-0.2, -0.15) is 0 Å². The minimum Gasteiger partial charge on any atom is -0.297 e. The number of anilines is 1. The van der Waals surface area contributed by atoms with E-state index in [-0.39, 0.29) is 5.91 Å². The fourth-order valence-corrected chi connectivity index (χ4v) is 6.33. The molecular formula is C23H28N2OS2. The summed E-state index contributed by atoms with van der Waals surface area (Å²) in [6.45, 7) is 9.13. The number of thiazole rings is 1. The number of carbonyl (C=O) groups excluding carboxylic acids is 1. The number of hydrogen-bond acceptors (Lipinski definition) is 4. The lowest BCUT2D eigenvalue weighted by molar-refractivity contribution is 0.103. The van der Waals surface area contributed by atoms with Crippen LogP contribution in [0, 0.1) is 11.3 Å². The molecule has 2 aromatic heterocycles. The predicted octanol–water partition coefficient (Wildman–Crippen LogP) is 6.71. The number of fused-ring (bicyclic) bond motifs is 2. The van der Waals surface area contributed by atoms with Crippen LogP contribution in [0.1, 0.15) is 66.3 Å². The summed E-state index contributed by atoms with van der Waals surface area (Å²) in [5, 5.41) is 5.08. The Morgan fingerprint density at radius 3 is 2.79 bits per heavy atom. The Bertz CT molecular complexity index is 1010. The van der Waals surface area contributed by atoms with E-state index < -0.39 is 0 Å². The van der Waals surface area contributed by atoms with Gasteiger partial charge in [0.05, 0.1) is 10.6 Å². The fraction of sp³-hybridized carbons (Fsp3) is 0.478. The second-order valence-corrected chi connectivity index (χ2v) is 10.9. The quantitative estimate of drug-likeness (QED) is 0.517. The van der Waals surface area contributed by atoms with Crippen LogP contribution in [0.3, 0.4) is 0 Å². The Hall–Kier alpha value is -1.72. The van der Waals surface area contributed by atoms with Gasteiger partial charge in [-0.05, 0) is 54.0 Å². The molecule has 1 aromatic carbocycles. The third-order valence-electron chi connectivity index (χ3n) is 5.79. The van der Waals surface area contributed by atoms with Gasteiger partial charge in [-0.15, -0.1) is 22.7 Å². The minimum absolute atomic E-state index is 0.0110. The first-order valence-electron chi connectivity index (χ1n) is 10.2. The highest BCUT2D eigenvalue weighted by Gasteiger charge is 2.31. The summed E-state index contributed by atoms with van der Waals surface area (Å²) < 4.78 is 1.18. The van der Waals surface area contributed by atoms with Crippen molar-refractivity contribution in [2.45, 2.75) is 59.8 Å². The zero-order valence-electron chi connectivity index (χ0n) is 17.1. The molecule has 28 heavy (non-hydrogen) atoms. The van der Waals surface area contributed by atoms with E-state index in [1.54, 1.807) is 22.7 Å². The molecule has 4 rings (SSSR count). The monoisotopic (exact) mass is 412 g/mol. The molecule has 1 N–H and O–H groups in total. The molecule has 1 atom stereocenters. The molecule has 1 aliphatic carbocycles. The average Bonchev–Trinajstić information content (AvgIpc) is 3.21. The van der Waals surface area contributed by atoms with E-state index in [9.17, 15) is 4.79 Å². The summed E-state index contributed by atoms with van der Waals surface area (Å²) in [4.78, 5) is 20.0. The third kappa shape index (κ3) is 3.74. The number of nitrogens with one attached hydrogen (secondary N) is 1. The molecule has 0 aliphatic heterocycles. The summed E-state index contributed by atoms with van der Waals surface area (Å²) in [6, 6.07) is 8.32. The van der Waals surface area contributed by atoms with Gasteiger partial charge in [0.1, 0.15) is 0 Å². The molecule has 1 aliphatic rings. The molecule has 0 saturated carbocycles. The molecular weight excluding hydrogens is 384 g/mol. The smallest absolute Gasteiger partial charge is 0.267 e. The van der Waals surface area contributed by atoms with Gasteiger partial charge >= 0.3 is 0 Å². The van der Waals surface area contributed by atoms with Crippen molar-refractivity contribution >= 4 is 43.8 Å². The van der Waals surface area contributed by atoms with E-state index in [2.05, 4.69) is 51.2 Å². The zero-order chi connectivity index (χ0) is 19.9. The van der Waals surface area contributed by atoms with Crippen molar-refractivity contribution in [2.75, 3.05) is 5.32 Å². The van der Waals surface area contributed by atoms with Crippen molar-refractivity contribution in [3.63, 3.8) is 0 Å². The molecule has 3 aromatic rings. The molecule has 2 heterocycles.